The van der Waals surface area contributed by atoms with Crippen molar-refractivity contribution in [2.45, 2.75) is 12.8 Å². The van der Waals surface area contributed by atoms with E-state index >= 15 is 0 Å². The number of hydrogen-bond acceptors (Lipinski definition) is 5. The van der Waals surface area contributed by atoms with E-state index in [-0.39, 0.29) is 22.9 Å². The number of amides is 1. The number of rotatable bonds is 4. The van der Waals surface area contributed by atoms with Crippen LogP contribution in [0.4, 0.5) is 17.1 Å². The molecule has 7 heteroatoms. The molecule has 24 heavy (non-hydrogen) atoms. The molecule has 0 radical (unpaired) electrons. The number of nitro groups is 1. The quantitative estimate of drug-likeness (QED) is 0.530. The number of phenols is 1. The lowest BCUT2D eigenvalue weighted by Crippen LogP contribution is -2.23. The number of benzene rings is 2. The van der Waals surface area contributed by atoms with Crippen molar-refractivity contribution in [1.29, 1.82) is 0 Å². The van der Waals surface area contributed by atoms with Crippen LogP contribution in [0, 0.1) is 10.1 Å². The summed E-state index contributed by atoms with van der Waals surface area (Å²) < 4.78 is 0. The zero-order valence-electron chi connectivity index (χ0n) is 12.8. The molecule has 0 spiro atoms. The Kier molecular flexibility index (Phi) is 4.24. The molecular formula is C17H15N3O4. The van der Waals surface area contributed by atoms with E-state index in [4.69, 9.17) is 0 Å². The van der Waals surface area contributed by atoms with Gasteiger partial charge in [0.15, 0.2) is 0 Å². The molecule has 122 valence electrons. The van der Waals surface area contributed by atoms with E-state index in [1.54, 1.807) is 23.1 Å². The molecule has 1 heterocycles. The van der Waals surface area contributed by atoms with E-state index in [1.165, 1.54) is 24.4 Å². The third kappa shape index (κ3) is 3.24. The molecule has 0 saturated carbocycles. The number of phenolic OH excluding ortho intramolecular Hbond substituents is 1. The van der Waals surface area contributed by atoms with Gasteiger partial charge in [0.25, 0.3) is 5.69 Å². The van der Waals surface area contributed by atoms with Crippen molar-refractivity contribution >= 4 is 29.2 Å². The molecule has 1 N–H and O–H groups in total. The number of carbonyl (C=O) groups is 1. The zero-order chi connectivity index (χ0) is 17.1. The van der Waals surface area contributed by atoms with Crippen molar-refractivity contribution in [3.63, 3.8) is 0 Å². The fraction of sp³-hybridized carbons (Fsp3) is 0.176. The average Bonchev–Trinajstić information content (AvgIpc) is 3.00. The Hall–Kier alpha value is -3.22. The number of anilines is 1. The van der Waals surface area contributed by atoms with Gasteiger partial charge < -0.3 is 10.0 Å². The van der Waals surface area contributed by atoms with Gasteiger partial charge in [0.1, 0.15) is 5.75 Å². The number of nitrogens with zero attached hydrogens (tertiary/aromatic N) is 3. The van der Waals surface area contributed by atoms with E-state index in [1.807, 2.05) is 6.07 Å². The minimum Gasteiger partial charge on any atom is -0.507 e. The SMILES string of the molecule is O=C1CCCN1c1cccc(N=Cc2cc([N+](=O)[O-])ccc2O)c1. The van der Waals surface area contributed by atoms with Gasteiger partial charge in [0.05, 0.1) is 10.6 Å². The summed E-state index contributed by atoms with van der Waals surface area (Å²) in [6.07, 6.45) is 2.76. The predicted octanol–water partition coefficient (Wildman–Crippen LogP) is 3.18. The van der Waals surface area contributed by atoms with Crippen LogP contribution < -0.4 is 4.90 Å². The van der Waals surface area contributed by atoms with Crippen molar-refractivity contribution in [2.75, 3.05) is 11.4 Å². The zero-order valence-corrected chi connectivity index (χ0v) is 12.8. The Labute approximate surface area is 138 Å². The van der Waals surface area contributed by atoms with Crippen LogP contribution in [-0.2, 0) is 4.79 Å². The number of non-ortho nitro benzene ring substituents is 1. The number of hydrogen-bond donors (Lipinski definition) is 1. The standard InChI is InChI=1S/C17H15N3O4/c21-16-7-6-15(20(23)24)9-12(16)11-18-13-3-1-4-14(10-13)19-8-2-5-17(19)22/h1,3-4,6-7,9-11,21H,2,5,8H2. The van der Waals surface area contributed by atoms with Crippen molar-refractivity contribution in [1.82, 2.24) is 0 Å². The third-order valence-electron chi connectivity index (χ3n) is 3.79. The number of aliphatic imine (C=N–C) groups is 1. The van der Waals surface area contributed by atoms with Gasteiger partial charge in [-0.1, -0.05) is 6.07 Å². The summed E-state index contributed by atoms with van der Waals surface area (Å²) in [6.45, 7) is 0.692. The molecule has 2 aromatic rings. The maximum absolute atomic E-state index is 11.8. The highest BCUT2D eigenvalue weighted by atomic mass is 16.6. The molecule has 3 rings (SSSR count). The normalized spacial score (nSPS) is 14.5. The van der Waals surface area contributed by atoms with E-state index in [2.05, 4.69) is 4.99 Å². The molecule has 1 amide bonds. The van der Waals surface area contributed by atoms with E-state index in [9.17, 15) is 20.0 Å². The smallest absolute Gasteiger partial charge is 0.270 e. The fourth-order valence-electron chi connectivity index (χ4n) is 2.57. The summed E-state index contributed by atoms with van der Waals surface area (Å²) in [4.78, 5) is 28.0. The first-order valence-corrected chi connectivity index (χ1v) is 7.46. The summed E-state index contributed by atoms with van der Waals surface area (Å²) in [7, 11) is 0. The maximum atomic E-state index is 11.8. The first-order valence-electron chi connectivity index (χ1n) is 7.46. The number of nitro benzene ring substituents is 1. The first-order chi connectivity index (χ1) is 11.5. The van der Waals surface area contributed by atoms with E-state index in [0.717, 1.165) is 12.1 Å². The van der Waals surface area contributed by atoms with Crippen molar-refractivity contribution in [3.8, 4) is 5.75 Å². The summed E-state index contributed by atoms with van der Waals surface area (Å²) in [6, 6.07) is 10.9. The van der Waals surface area contributed by atoms with Crippen LogP contribution >= 0.6 is 0 Å². The Balaban J connectivity index is 1.86. The van der Waals surface area contributed by atoms with E-state index < -0.39 is 4.92 Å². The van der Waals surface area contributed by atoms with Crippen LogP contribution in [0.15, 0.2) is 47.5 Å². The van der Waals surface area contributed by atoms with Gasteiger partial charge in [-0.05, 0) is 30.7 Å². The van der Waals surface area contributed by atoms with E-state index in [0.29, 0.717) is 18.7 Å². The lowest BCUT2D eigenvalue weighted by molar-refractivity contribution is -0.384. The lowest BCUT2D eigenvalue weighted by atomic mass is 10.2. The molecule has 1 saturated heterocycles. The lowest BCUT2D eigenvalue weighted by Gasteiger charge is -2.15. The summed E-state index contributed by atoms with van der Waals surface area (Å²) >= 11 is 0. The molecule has 1 aliphatic rings. The topological polar surface area (TPSA) is 96.0 Å². The summed E-state index contributed by atoms with van der Waals surface area (Å²) in [5.41, 5.74) is 1.51. The molecule has 1 aliphatic heterocycles. The van der Waals surface area contributed by atoms with Crippen molar-refractivity contribution in [3.05, 3.63) is 58.1 Å². The Morgan fingerprint density at radius 3 is 2.79 bits per heavy atom. The molecule has 0 bridgehead atoms. The second-order valence-electron chi connectivity index (χ2n) is 5.43. The molecule has 2 aromatic carbocycles. The highest BCUT2D eigenvalue weighted by Gasteiger charge is 2.21. The second-order valence-corrected chi connectivity index (χ2v) is 5.43. The van der Waals surface area contributed by atoms with Gasteiger partial charge in [-0.25, -0.2) is 0 Å². The maximum Gasteiger partial charge on any atom is 0.270 e. The Bertz CT molecular complexity index is 832. The third-order valence-corrected chi connectivity index (χ3v) is 3.79. The summed E-state index contributed by atoms with van der Waals surface area (Å²) in [5, 5.41) is 20.6. The molecule has 0 aromatic heterocycles. The van der Waals surface area contributed by atoms with Crippen LogP contribution in [0.5, 0.6) is 5.75 Å². The molecule has 7 nitrogen and oxygen atoms in total. The molecule has 1 fully saturated rings. The van der Waals surface area contributed by atoms with Crippen LogP contribution in [-0.4, -0.2) is 28.7 Å². The molecular weight excluding hydrogens is 310 g/mol. The highest BCUT2D eigenvalue weighted by Crippen LogP contribution is 2.26. The van der Waals surface area contributed by atoms with Gasteiger partial charge >= 0.3 is 0 Å². The highest BCUT2D eigenvalue weighted by molar-refractivity contribution is 5.96. The van der Waals surface area contributed by atoms with Gasteiger partial charge in [0, 0.05) is 42.6 Å². The summed E-state index contributed by atoms with van der Waals surface area (Å²) in [5.74, 6) is 0.00248. The van der Waals surface area contributed by atoms with Crippen LogP contribution in [0.2, 0.25) is 0 Å². The number of carbonyl (C=O) groups excluding carboxylic acids is 1. The van der Waals surface area contributed by atoms with Gasteiger partial charge in [-0.3, -0.25) is 19.9 Å². The fourth-order valence-corrected chi connectivity index (χ4v) is 2.57. The minimum absolute atomic E-state index is 0.0878. The number of aromatic hydroxyl groups is 1. The first kappa shape index (κ1) is 15.7. The van der Waals surface area contributed by atoms with Crippen molar-refractivity contribution in [2.24, 2.45) is 4.99 Å². The van der Waals surface area contributed by atoms with Gasteiger partial charge in [-0.2, -0.15) is 0 Å². The van der Waals surface area contributed by atoms with Crippen LogP contribution in [0.25, 0.3) is 0 Å². The van der Waals surface area contributed by atoms with Gasteiger partial charge in [0.2, 0.25) is 5.91 Å². The largest absolute Gasteiger partial charge is 0.507 e. The Morgan fingerprint density at radius 2 is 2.08 bits per heavy atom. The molecule has 0 unspecified atom stereocenters. The second kappa shape index (κ2) is 6.49. The van der Waals surface area contributed by atoms with Crippen LogP contribution in [0.1, 0.15) is 18.4 Å². The van der Waals surface area contributed by atoms with Crippen LogP contribution in [0.3, 0.4) is 0 Å². The monoisotopic (exact) mass is 325 g/mol. The predicted molar refractivity (Wildman–Crippen MR) is 90.0 cm³/mol. The minimum atomic E-state index is -0.531. The molecule has 0 aliphatic carbocycles. The molecule has 0 atom stereocenters. The average molecular weight is 325 g/mol. The Morgan fingerprint density at radius 1 is 1.25 bits per heavy atom. The van der Waals surface area contributed by atoms with Crippen molar-refractivity contribution < 1.29 is 14.8 Å². The van der Waals surface area contributed by atoms with Gasteiger partial charge in [-0.15, -0.1) is 0 Å².